The van der Waals surface area contributed by atoms with Crippen molar-refractivity contribution in [2.75, 3.05) is 13.1 Å². The predicted octanol–water partition coefficient (Wildman–Crippen LogP) is 1.32. The first-order chi connectivity index (χ1) is 8.20. The minimum atomic E-state index is -0.345. The van der Waals surface area contributed by atoms with Crippen molar-refractivity contribution in [3.05, 3.63) is 0 Å². The lowest BCUT2D eigenvalue weighted by Crippen LogP contribution is -2.40. The van der Waals surface area contributed by atoms with Crippen molar-refractivity contribution in [2.24, 2.45) is 0 Å². The summed E-state index contributed by atoms with van der Waals surface area (Å²) in [7, 11) is 0. The van der Waals surface area contributed by atoms with Crippen molar-refractivity contribution in [3.63, 3.8) is 0 Å². The molecule has 0 aromatic carbocycles. The molecule has 17 heavy (non-hydrogen) atoms. The van der Waals surface area contributed by atoms with Crippen LogP contribution in [0.3, 0.4) is 0 Å². The van der Waals surface area contributed by atoms with Gasteiger partial charge in [0.15, 0.2) is 0 Å². The lowest BCUT2D eigenvalue weighted by Gasteiger charge is -2.25. The van der Waals surface area contributed by atoms with Gasteiger partial charge in [0.2, 0.25) is 0 Å². The van der Waals surface area contributed by atoms with E-state index in [1.165, 1.54) is 12.8 Å². The Hall–Kier alpha value is -0.610. The molecular formula is C13H23NO3. The Morgan fingerprint density at radius 3 is 2.65 bits per heavy atom. The summed E-state index contributed by atoms with van der Waals surface area (Å²) in [5.41, 5.74) is 0. The summed E-state index contributed by atoms with van der Waals surface area (Å²) in [5.74, 6) is 0.0657. The molecule has 1 unspecified atom stereocenters. The van der Waals surface area contributed by atoms with Crippen molar-refractivity contribution >= 4 is 5.91 Å². The first-order valence-corrected chi connectivity index (χ1v) is 6.83. The first-order valence-electron chi connectivity index (χ1n) is 6.83. The number of ether oxygens (including phenoxy) is 1. The molecular weight excluding hydrogens is 218 g/mol. The molecule has 2 aliphatic rings. The number of hydrogen-bond donors (Lipinski definition) is 1. The standard InChI is InChI=1S/C13H23NO3/c1-2-12(17-11-5-3-4-6-11)13(16)14-8-7-10(15)9-14/h10-12,15H,2-9H2,1H3/t10-,12?/m0/s1. The molecule has 1 heterocycles. The van der Waals surface area contributed by atoms with Crippen LogP contribution in [0.4, 0.5) is 0 Å². The summed E-state index contributed by atoms with van der Waals surface area (Å²) >= 11 is 0. The summed E-state index contributed by atoms with van der Waals surface area (Å²) in [6.07, 6.45) is 5.67. The van der Waals surface area contributed by atoms with Gasteiger partial charge in [0.1, 0.15) is 6.10 Å². The van der Waals surface area contributed by atoms with Crippen LogP contribution in [0.15, 0.2) is 0 Å². The molecule has 1 saturated heterocycles. The molecule has 1 amide bonds. The minimum Gasteiger partial charge on any atom is -0.391 e. The average molecular weight is 241 g/mol. The molecule has 0 radical (unpaired) electrons. The van der Waals surface area contributed by atoms with E-state index in [1.807, 2.05) is 6.92 Å². The quantitative estimate of drug-likeness (QED) is 0.807. The fourth-order valence-electron chi connectivity index (χ4n) is 2.73. The molecule has 0 aromatic heterocycles. The monoisotopic (exact) mass is 241 g/mol. The lowest BCUT2D eigenvalue weighted by molar-refractivity contribution is -0.147. The van der Waals surface area contributed by atoms with Crippen LogP contribution in [0, 0.1) is 0 Å². The van der Waals surface area contributed by atoms with Crippen LogP contribution in [-0.2, 0) is 9.53 Å². The number of aliphatic hydroxyl groups excluding tert-OH is 1. The van der Waals surface area contributed by atoms with E-state index < -0.39 is 0 Å². The van der Waals surface area contributed by atoms with E-state index >= 15 is 0 Å². The van der Waals surface area contributed by atoms with Gasteiger partial charge in [-0.3, -0.25) is 4.79 Å². The van der Waals surface area contributed by atoms with E-state index in [-0.39, 0.29) is 24.2 Å². The second-order valence-electron chi connectivity index (χ2n) is 5.17. The maximum Gasteiger partial charge on any atom is 0.251 e. The van der Waals surface area contributed by atoms with Crippen molar-refractivity contribution in [3.8, 4) is 0 Å². The van der Waals surface area contributed by atoms with Gasteiger partial charge in [-0.05, 0) is 25.7 Å². The van der Waals surface area contributed by atoms with Crippen LogP contribution < -0.4 is 0 Å². The van der Waals surface area contributed by atoms with Crippen molar-refractivity contribution in [1.82, 2.24) is 4.90 Å². The molecule has 2 atom stereocenters. The number of rotatable bonds is 4. The average Bonchev–Trinajstić information content (AvgIpc) is 2.96. The number of carbonyl (C=O) groups is 1. The number of carbonyl (C=O) groups excluding carboxylic acids is 1. The smallest absolute Gasteiger partial charge is 0.251 e. The third-order valence-electron chi connectivity index (χ3n) is 3.78. The number of β-amino-alcohol motifs (C(OH)–C–C–N with tert-alkyl or cyclic N) is 1. The molecule has 1 saturated carbocycles. The third-order valence-corrected chi connectivity index (χ3v) is 3.78. The maximum absolute atomic E-state index is 12.2. The summed E-state index contributed by atoms with van der Waals surface area (Å²) in [4.78, 5) is 13.9. The van der Waals surface area contributed by atoms with E-state index in [1.54, 1.807) is 4.90 Å². The maximum atomic E-state index is 12.2. The molecule has 0 bridgehead atoms. The van der Waals surface area contributed by atoms with Crippen LogP contribution in [0.25, 0.3) is 0 Å². The van der Waals surface area contributed by atoms with Gasteiger partial charge >= 0.3 is 0 Å². The third kappa shape index (κ3) is 3.19. The Bertz CT molecular complexity index is 263. The van der Waals surface area contributed by atoms with Gasteiger partial charge in [-0.1, -0.05) is 19.8 Å². The molecule has 2 rings (SSSR count). The van der Waals surface area contributed by atoms with E-state index in [2.05, 4.69) is 0 Å². The minimum absolute atomic E-state index is 0.0657. The highest BCUT2D eigenvalue weighted by Gasteiger charge is 2.31. The molecule has 0 spiro atoms. The number of likely N-dealkylation sites (tertiary alicyclic amines) is 1. The highest BCUT2D eigenvalue weighted by Crippen LogP contribution is 2.24. The van der Waals surface area contributed by atoms with Gasteiger partial charge in [-0.2, -0.15) is 0 Å². The Balaban J connectivity index is 1.86. The van der Waals surface area contributed by atoms with Crippen LogP contribution in [0.1, 0.15) is 45.4 Å². The number of hydrogen-bond acceptors (Lipinski definition) is 3. The van der Waals surface area contributed by atoms with Crippen molar-refractivity contribution < 1.29 is 14.6 Å². The molecule has 98 valence electrons. The van der Waals surface area contributed by atoms with Gasteiger partial charge in [0.05, 0.1) is 12.2 Å². The molecule has 0 aromatic rings. The van der Waals surface area contributed by atoms with Gasteiger partial charge in [0, 0.05) is 13.1 Å². The fourth-order valence-corrected chi connectivity index (χ4v) is 2.73. The summed E-state index contributed by atoms with van der Waals surface area (Å²) < 4.78 is 5.90. The van der Waals surface area contributed by atoms with Gasteiger partial charge in [-0.15, -0.1) is 0 Å². The molecule has 4 heteroatoms. The Morgan fingerprint density at radius 2 is 2.12 bits per heavy atom. The van der Waals surface area contributed by atoms with Crippen LogP contribution in [-0.4, -0.2) is 47.3 Å². The van der Waals surface area contributed by atoms with E-state index in [0.29, 0.717) is 19.5 Å². The fraction of sp³-hybridized carbons (Fsp3) is 0.923. The summed E-state index contributed by atoms with van der Waals surface area (Å²) in [6.45, 7) is 3.14. The SMILES string of the molecule is CCC(OC1CCCC1)C(=O)N1CC[C@H](O)C1. The van der Waals surface area contributed by atoms with E-state index in [0.717, 1.165) is 19.3 Å². The Morgan fingerprint density at radius 1 is 1.41 bits per heavy atom. The van der Waals surface area contributed by atoms with Crippen LogP contribution in [0.5, 0.6) is 0 Å². The predicted molar refractivity (Wildman–Crippen MR) is 64.6 cm³/mol. The van der Waals surface area contributed by atoms with E-state index in [9.17, 15) is 9.90 Å². The second kappa shape index (κ2) is 5.83. The normalized spacial score (nSPS) is 27.6. The van der Waals surface area contributed by atoms with E-state index in [4.69, 9.17) is 4.74 Å². The lowest BCUT2D eigenvalue weighted by atomic mass is 10.2. The Labute approximate surface area is 103 Å². The van der Waals surface area contributed by atoms with Gasteiger partial charge < -0.3 is 14.7 Å². The van der Waals surface area contributed by atoms with Gasteiger partial charge in [-0.25, -0.2) is 0 Å². The second-order valence-corrected chi connectivity index (χ2v) is 5.17. The topological polar surface area (TPSA) is 49.8 Å². The molecule has 1 aliphatic carbocycles. The molecule has 4 nitrogen and oxygen atoms in total. The van der Waals surface area contributed by atoms with Crippen LogP contribution >= 0.6 is 0 Å². The van der Waals surface area contributed by atoms with Crippen molar-refractivity contribution in [2.45, 2.75) is 63.8 Å². The zero-order valence-corrected chi connectivity index (χ0v) is 10.6. The van der Waals surface area contributed by atoms with Gasteiger partial charge in [0.25, 0.3) is 5.91 Å². The van der Waals surface area contributed by atoms with Crippen LogP contribution in [0.2, 0.25) is 0 Å². The highest BCUT2D eigenvalue weighted by molar-refractivity contribution is 5.81. The zero-order valence-electron chi connectivity index (χ0n) is 10.6. The largest absolute Gasteiger partial charge is 0.391 e. The summed E-state index contributed by atoms with van der Waals surface area (Å²) in [6, 6.07) is 0. The molecule has 2 fully saturated rings. The number of aliphatic hydroxyl groups is 1. The zero-order chi connectivity index (χ0) is 12.3. The number of amides is 1. The number of nitrogens with zero attached hydrogens (tertiary/aromatic N) is 1. The first kappa shape index (κ1) is 12.8. The van der Waals surface area contributed by atoms with Crippen molar-refractivity contribution in [1.29, 1.82) is 0 Å². The Kier molecular flexibility index (Phi) is 4.40. The molecule has 1 N–H and O–H groups in total. The molecule has 1 aliphatic heterocycles. The highest BCUT2D eigenvalue weighted by atomic mass is 16.5. The summed E-state index contributed by atoms with van der Waals surface area (Å²) in [5, 5.41) is 9.45.